The lowest BCUT2D eigenvalue weighted by Gasteiger charge is -2.26. The van der Waals surface area contributed by atoms with Crippen LogP contribution in [0.15, 0.2) is 17.3 Å². The lowest BCUT2D eigenvalue weighted by atomic mass is 10.4. The van der Waals surface area contributed by atoms with Crippen molar-refractivity contribution < 1.29 is 13.2 Å². The fraction of sp³-hybridized carbons (Fsp3) is 0.688. The second kappa shape index (κ2) is 9.59. The first-order valence-corrected chi connectivity index (χ1v) is 10.7. The van der Waals surface area contributed by atoms with Gasteiger partial charge in [0.05, 0.1) is 37.1 Å². The van der Waals surface area contributed by atoms with E-state index in [2.05, 4.69) is 10.3 Å². The molecule has 1 saturated heterocycles. The van der Waals surface area contributed by atoms with Crippen LogP contribution in [-0.4, -0.2) is 80.3 Å². The number of morpholine rings is 1. The fourth-order valence-electron chi connectivity index (χ4n) is 2.73. The molecule has 2 heterocycles. The van der Waals surface area contributed by atoms with E-state index in [-0.39, 0.29) is 12.3 Å². The molecule has 8 nitrogen and oxygen atoms in total. The van der Waals surface area contributed by atoms with Gasteiger partial charge in [0, 0.05) is 45.6 Å². The van der Waals surface area contributed by atoms with Gasteiger partial charge in [-0.25, -0.2) is 8.42 Å². The number of ether oxygens (including phenoxy) is 1. The number of sulfonamides is 1. The van der Waals surface area contributed by atoms with E-state index < -0.39 is 10.0 Å². The van der Waals surface area contributed by atoms with Gasteiger partial charge in [0.25, 0.3) is 0 Å². The average Bonchev–Trinajstić information content (AvgIpc) is 2.92. The summed E-state index contributed by atoms with van der Waals surface area (Å²) >= 11 is 6.03. The SMILES string of the molecule is CCNC(=NCCS(=O)(=O)N1CCOCC1)N(C)Cc1cc(Cl)cn1C. The van der Waals surface area contributed by atoms with Crippen molar-refractivity contribution in [2.75, 3.05) is 52.2 Å². The Kier molecular flexibility index (Phi) is 7.75. The second-order valence-electron chi connectivity index (χ2n) is 6.18. The zero-order chi connectivity index (χ0) is 19.2. The molecule has 1 fully saturated rings. The van der Waals surface area contributed by atoms with E-state index in [4.69, 9.17) is 16.3 Å². The van der Waals surface area contributed by atoms with Crippen LogP contribution in [-0.2, 0) is 28.4 Å². The molecule has 0 atom stereocenters. The van der Waals surface area contributed by atoms with Gasteiger partial charge in [-0.3, -0.25) is 4.99 Å². The number of hydrogen-bond acceptors (Lipinski definition) is 4. The highest BCUT2D eigenvalue weighted by atomic mass is 35.5. The molecule has 1 aromatic heterocycles. The first kappa shape index (κ1) is 21.0. The van der Waals surface area contributed by atoms with Gasteiger partial charge in [-0.2, -0.15) is 4.31 Å². The van der Waals surface area contributed by atoms with Gasteiger partial charge in [0.15, 0.2) is 5.96 Å². The Hall–Kier alpha value is -1.29. The molecule has 1 aromatic rings. The summed E-state index contributed by atoms with van der Waals surface area (Å²) in [6.45, 7) is 5.24. The lowest BCUT2D eigenvalue weighted by Crippen LogP contribution is -2.42. The monoisotopic (exact) mass is 405 g/mol. The summed E-state index contributed by atoms with van der Waals surface area (Å²) in [5.41, 5.74) is 1.05. The van der Waals surface area contributed by atoms with E-state index in [9.17, 15) is 8.42 Å². The largest absolute Gasteiger partial charge is 0.379 e. The topological polar surface area (TPSA) is 79.2 Å². The third-order valence-corrected chi connectivity index (χ3v) is 6.20. The van der Waals surface area contributed by atoms with Gasteiger partial charge in [-0.1, -0.05) is 11.6 Å². The van der Waals surface area contributed by atoms with Crippen molar-refractivity contribution in [2.24, 2.45) is 12.0 Å². The van der Waals surface area contributed by atoms with Crippen molar-refractivity contribution >= 4 is 27.6 Å². The standard InChI is InChI=1S/C16H28ClN5O3S/c1-4-18-16(21(3)13-15-11-14(17)12-20(15)2)19-5-10-26(23,24)22-6-8-25-9-7-22/h11-12H,4-10,13H2,1-3H3,(H,18,19). The van der Waals surface area contributed by atoms with Crippen LogP contribution in [0.2, 0.25) is 5.02 Å². The number of hydrogen-bond donors (Lipinski definition) is 1. The molecular formula is C16H28ClN5O3S. The summed E-state index contributed by atoms with van der Waals surface area (Å²) in [6.07, 6.45) is 1.85. The number of aliphatic imine (C=N–C) groups is 1. The minimum Gasteiger partial charge on any atom is -0.379 e. The zero-order valence-electron chi connectivity index (χ0n) is 15.6. The molecule has 0 saturated carbocycles. The molecule has 0 aromatic carbocycles. The Morgan fingerprint density at radius 1 is 1.42 bits per heavy atom. The van der Waals surface area contributed by atoms with Gasteiger partial charge >= 0.3 is 0 Å². The van der Waals surface area contributed by atoms with Crippen LogP contribution >= 0.6 is 11.6 Å². The predicted octanol–water partition coefficient (Wildman–Crippen LogP) is 0.738. The molecule has 0 unspecified atom stereocenters. The summed E-state index contributed by atoms with van der Waals surface area (Å²) in [4.78, 5) is 6.43. The summed E-state index contributed by atoms with van der Waals surface area (Å²) < 4.78 is 33.4. The van der Waals surface area contributed by atoms with E-state index in [1.165, 1.54) is 4.31 Å². The maximum Gasteiger partial charge on any atom is 0.216 e. The zero-order valence-corrected chi connectivity index (χ0v) is 17.2. The molecule has 26 heavy (non-hydrogen) atoms. The molecule has 148 valence electrons. The van der Waals surface area contributed by atoms with Crippen LogP contribution in [0, 0.1) is 0 Å². The molecule has 0 radical (unpaired) electrons. The molecule has 0 bridgehead atoms. The smallest absolute Gasteiger partial charge is 0.216 e. The van der Waals surface area contributed by atoms with Crippen molar-refractivity contribution in [1.82, 2.24) is 19.1 Å². The van der Waals surface area contributed by atoms with Crippen LogP contribution in [0.1, 0.15) is 12.6 Å². The van der Waals surface area contributed by atoms with Gasteiger partial charge in [0.2, 0.25) is 10.0 Å². The van der Waals surface area contributed by atoms with E-state index in [0.717, 1.165) is 5.69 Å². The minimum atomic E-state index is -3.30. The molecule has 0 aliphatic carbocycles. The van der Waals surface area contributed by atoms with Crippen LogP contribution in [0.3, 0.4) is 0 Å². The van der Waals surface area contributed by atoms with E-state index in [1.54, 1.807) is 0 Å². The molecular weight excluding hydrogens is 378 g/mol. The Balaban J connectivity index is 1.97. The van der Waals surface area contributed by atoms with Gasteiger partial charge in [0.1, 0.15) is 0 Å². The van der Waals surface area contributed by atoms with Crippen molar-refractivity contribution in [3.63, 3.8) is 0 Å². The van der Waals surface area contributed by atoms with Crippen molar-refractivity contribution in [3.05, 3.63) is 23.0 Å². The Morgan fingerprint density at radius 3 is 2.69 bits per heavy atom. The number of guanidine groups is 1. The molecule has 0 amide bonds. The Bertz CT molecular complexity index is 713. The van der Waals surface area contributed by atoms with E-state index in [0.29, 0.717) is 50.4 Å². The van der Waals surface area contributed by atoms with Crippen molar-refractivity contribution in [1.29, 1.82) is 0 Å². The van der Waals surface area contributed by atoms with Gasteiger partial charge < -0.3 is 19.5 Å². The first-order valence-electron chi connectivity index (χ1n) is 8.69. The van der Waals surface area contributed by atoms with Crippen LogP contribution < -0.4 is 5.32 Å². The lowest BCUT2D eigenvalue weighted by molar-refractivity contribution is 0.0731. The Morgan fingerprint density at radius 2 is 2.12 bits per heavy atom. The summed E-state index contributed by atoms with van der Waals surface area (Å²) in [5.74, 6) is 0.660. The summed E-state index contributed by atoms with van der Waals surface area (Å²) in [6, 6.07) is 1.91. The maximum atomic E-state index is 12.4. The highest BCUT2D eigenvalue weighted by Crippen LogP contribution is 2.14. The van der Waals surface area contributed by atoms with Crippen molar-refractivity contribution in [2.45, 2.75) is 13.5 Å². The second-order valence-corrected chi connectivity index (χ2v) is 8.70. The predicted molar refractivity (Wildman–Crippen MR) is 104 cm³/mol. The molecule has 1 N–H and O–H groups in total. The summed E-state index contributed by atoms with van der Waals surface area (Å²) in [7, 11) is 0.551. The number of nitrogens with one attached hydrogen (secondary N) is 1. The quantitative estimate of drug-likeness (QED) is 0.534. The fourth-order valence-corrected chi connectivity index (χ4v) is 4.29. The number of nitrogens with zero attached hydrogens (tertiary/aromatic N) is 4. The third-order valence-electron chi connectivity index (χ3n) is 4.14. The molecule has 2 rings (SSSR count). The van der Waals surface area contributed by atoms with Crippen LogP contribution in [0.4, 0.5) is 0 Å². The third kappa shape index (κ3) is 5.87. The minimum absolute atomic E-state index is 0.00822. The number of halogens is 1. The average molecular weight is 406 g/mol. The Labute approximate surface area is 160 Å². The highest BCUT2D eigenvalue weighted by molar-refractivity contribution is 7.89. The van der Waals surface area contributed by atoms with E-state index in [1.807, 2.05) is 42.7 Å². The number of rotatable bonds is 7. The molecule has 10 heteroatoms. The number of aromatic nitrogens is 1. The molecule has 0 spiro atoms. The van der Waals surface area contributed by atoms with Crippen LogP contribution in [0.5, 0.6) is 0 Å². The summed E-state index contributed by atoms with van der Waals surface area (Å²) in [5, 5.41) is 3.89. The van der Waals surface area contributed by atoms with Gasteiger partial charge in [-0.05, 0) is 13.0 Å². The molecule has 1 aliphatic heterocycles. The van der Waals surface area contributed by atoms with Crippen molar-refractivity contribution in [3.8, 4) is 0 Å². The van der Waals surface area contributed by atoms with Gasteiger partial charge in [-0.15, -0.1) is 0 Å². The normalized spacial score (nSPS) is 16.7. The van der Waals surface area contributed by atoms with Crippen LogP contribution in [0.25, 0.3) is 0 Å². The van der Waals surface area contributed by atoms with E-state index >= 15 is 0 Å². The molecule has 1 aliphatic rings. The number of aryl methyl sites for hydroxylation is 1. The maximum absolute atomic E-state index is 12.4. The first-order chi connectivity index (χ1) is 12.3. The highest BCUT2D eigenvalue weighted by Gasteiger charge is 2.23.